The molecule has 0 fully saturated rings. The number of nitrogens with zero attached hydrogens (tertiary/aromatic N) is 2. The summed E-state index contributed by atoms with van der Waals surface area (Å²) in [5.41, 5.74) is 3.27. The van der Waals surface area contributed by atoms with Crippen molar-refractivity contribution in [3.63, 3.8) is 0 Å². The lowest BCUT2D eigenvalue weighted by Crippen LogP contribution is -2.42. The second kappa shape index (κ2) is 5.86. The summed E-state index contributed by atoms with van der Waals surface area (Å²) in [5, 5.41) is 0. The topological polar surface area (TPSA) is 15.6 Å². The van der Waals surface area contributed by atoms with Gasteiger partial charge in [0.05, 0.1) is 11.2 Å². The van der Waals surface area contributed by atoms with Crippen LogP contribution in [0.25, 0.3) is 5.57 Å². The van der Waals surface area contributed by atoms with E-state index in [0.717, 1.165) is 16.8 Å². The van der Waals surface area contributed by atoms with Crippen molar-refractivity contribution in [1.29, 1.82) is 0 Å². The fourth-order valence-electron chi connectivity index (χ4n) is 2.98. The van der Waals surface area contributed by atoms with Gasteiger partial charge in [-0.25, -0.2) is 8.78 Å². The molecule has 4 heteroatoms. The van der Waals surface area contributed by atoms with Gasteiger partial charge in [-0.15, -0.1) is 0 Å². The Kier molecular flexibility index (Phi) is 3.99. The van der Waals surface area contributed by atoms with Crippen LogP contribution in [0.2, 0.25) is 0 Å². The molecule has 24 heavy (non-hydrogen) atoms. The fourth-order valence-corrected chi connectivity index (χ4v) is 2.98. The molecule has 0 saturated heterocycles. The van der Waals surface area contributed by atoms with Crippen molar-refractivity contribution in [2.24, 2.45) is 4.99 Å². The minimum absolute atomic E-state index is 0.174. The van der Waals surface area contributed by atoms with E-state index in [-0.39, 0.29) is 17.0 Å². The molecule has 1 heterocycles. The van der Waals surface area contributed by atoms with Crippen molar-refractivity contribution >= 4 is 23.2 Å². The Balaban J connectivity index is 2.04. The van der Waals surface area contributed by atoms with Gasteiger partial charge >= 0.3 is 0 Å². The smallest absolute Gasteiger partial charge is 0.148 e. The molecule has 1 aliphatic heterocycles. The third-order valence-corrected chi connectivity index (χ3v) is 4.53. The predicted molar refractivity (Wildman–Crippen MR) is 96.2 cm³/mol. The molecule has 0 radical (unpaired) electrons. The Hall–Kier alpha value is -2.49. The first-order valence-corrected chi connectivity index (χ1v) is 7.85. The van der Waals surface area contributed by atoms with Crippen LogP contribution in [0.5, 0.6) is 0 Å². The van der Waals surface area contributed by atoms with Crippen molar-refractivity contribution in [3.8, 4) is 0 Å². The van der Waals surface area contributed by atoms with Crippen molar-refractivity contribution in [2.75, 3.05) is 11.9 Å². The van der Waals surface area contributed by atoms with Crippen LogP contribution in [0, 0.1) is 11.6 Å². The third kappa shape index (κ3) is 2.84. The second-order valence-corrected chi connectivity index (χ2v) is 6.64. The number of likely N-dealkylation sites (N-methyl/N-ethyl adjacent to an activating group) is 1. The van der Waals surface area contributed by atoms with Gasteiger partial charge in [0.1, 0.15) is 11.6 Å². The quantitative estimate of drug-likeness (QED) is 0.680. The number of aliphatic imine (C=N–C) groups is 1. The van der Waals surface area contributed by atoms with Gasteiger partial charge in [0.2, 0.25) is 0 Å². The molecule has 0 bridgehead atoms. The van der Waals surface area contributed by atoms with Gasteiger partial charge in [0.25, 0.3) is 0 Å². The van der Waals surface area contributed by atoms with Crippen LogP contribution < -0.4 is 4.90 Å². The minimum Gasteiger partial charge on any atom is -0.365 e. The summed E-state index contributed by atoms with van der Waals surface area (Å²) in [6.45, 7) is 6.19. The van der Waals surface area contributed by atoms with E-state index in [1.165, 1.54) is 18.3 Å². The molecule has 2 nitrogen and oxygen atoms in total. The van der Waals surface area contributed by atoms with Gasteiger partial charge in [-0.05, 0) is 50.6 Å². The molecule has 124 valence electrons. The maximum atomic E-state index is 14.5. The summed E-state index contributed by atoms with van der Waals surface area (Å²) < 4.78 is 28.1. The number of hydrogen-bond acceptors (Lipinski definition) is 2. The first-order chi connectivity index (χ1) is 11.3. The standard InChI is InChI=1S/C20H20F2N2/c1-13-11-20(2,3)24(4)19-10-17(22)14(9-15(13)19)12-23-18-8-6-5-7-16(18)21/h5-12H,1-4H3. The molecule has 0 amide bonds. The number of allylic oxidation sites excluding steroid dienone is 1. The molecular formula is C20H20F2N2. The highest BCUT2D eigenvalue weighted by molar-refractivity contribution is 5.89. The molecule has 0 aliphatic carbocycles. The molecule has 0 spiro atoms. The molecule has 0 aromatic heterocycles. The zero-order chi connectivity index (χ0) is 17.5. The van der Waals surface area contributed by atoms with E-state index in [1.54, 1.807) is 24.3 Å². The number of anilines is 1. The molecule has 0 saturated carbocycles. The number of para-hydroxylation sites is 1. The lowest BCUT2D eigenvalue weighted by Gasteiger charge is -2.40. The molecule has 0 N–H and O–H groups in total. The monoisotopic (exact) mass is 326 g/mol. The van der Waals surface area contributed by atoms with Gasteiger partial charge in [-0.1, -0.05) is 18.2 Å². The molecule has 0 atom stereocenters. The number of halogens is 2. The summed E-state index contributed by atoms with van der Waals surface area (Å²) in [7, 11) is 1.95. The van der Waals surface area contributed by atoms with E-state index in [9.17, 15) is 8.78 Å². The Morgan fingerprint density at radius 3 is 2.50 bits per heavy atom. The molecular weight excluding hydrogens is 306 g/mol. The summed E-state index contributed by atoms with van der Waals surface area (Å²) in [5.74, 6) is -0.795. The average molecular weight is 326 g/mol. The molecule has 2 aromatic carbocycles. The predicted octanol–water partition coefficient (Wildman–Crippen LogP) is 5.35. The molecule has 3 rings (SSSR count). The highest BCUT2D eigenvalue weighted by Gasteiger charge is 2.29. The highest BCUT2D eigenvalue weighted by Crippen LogP contribution is 2.38. The number of fused-ring (bicyclic) bond motifs is 1. The van der Waals surface area contributed by atoms with E-state index in [1.807, 2.05) is 14.0 Å². The maximum absolute atomic E-state index is 14.5. The number of rotatable bonds is 2. The van der Waals surface area contributed by atoms with E-state index in [0.29, 0.717) is 5.56 Å². The van der Waals surface area contributed by atoms with Crippen molar-refractivity contribution in [2.45, 2.75) is 26.3 Å². The Morgan fingerprint density at radius 2 is 1.79 bits per heavy atom. The van der Waals surface area contributed by atoms with E-state index >= 15 is 0 Å². The van der Waals surface area contributed by atoms with Gasteiger partial charge in [-0.2, -0.15) is 0 Å². The van der Waals surface area contributed by atoms with Crippen LogP contribution in [0.15, 0.2) is 47.5 Å². The lowest BCUT2D eigenvalue weighted by molar-refractivity contribution is 0.588. The Morgan fingerprint density at radius 1 is 1.08 bits per heavy atom. The Labute approximate surface area is 141 Å². The zero-order valence-electron chi connectivity index (χ0n) is 14.3. The first-order valence-electron chi connectivity index (χ1n) is 7.85. The number of hydrogen-bond donors (Lipinski definition) is 0. The lowest BCUT2D eigenvalue weighted by atomic mass is 9.88. The van der Waals surface area contributed by atoms with E-state index in [4.69, 9.17) is 0 Å². The SMILES string of the molecule is CC1=CC(C)(C)N(C)c2cc(F)c(C=Nc3ccccc3F)cc21. The fraction of sp³-hybridized carbons (Fsp3) is 0.250. The summed E-state index contributed by atoms with van der Waals surface area (Å²) >= 11 is 0. The first kappa shape index (κ1) is 16.4. The van der Waals surface area contributed by atoms with Gasteiger partial charge in [0, 0.05) is 30.1 Å². The third-order valence-electron chi connectivity index (χ3n) is 4.53. The maximum Gasteiger partial charge on any atom is 0.148 e. The van der Waals surface area contributed by atoms with Crippen LogP contribution in [-0.2, 0) is 0 Å². The van der Waals surface area contributed by atoms with Crippen LogP contribution >= 0.6 is 0 Å². The average Bonchev–Trinajstić information content (AvgIpc) is 2.52. The second-order valence-electron chi connectivity index (χ2n) is 6.64. The highest BCUT2D eigenvalue weighted by atomic mass is 19.1. The van der Waals surface area contributed by atoms with Crippen LogP contribution in [0.4, 0.5) is 20.2 Å². The zero-order valence-corrected chi connectivity index (χ0v) is 14.3. The van der Waals surface area contributed by atoms with Gasteiger partial charge in [-0.3, -0.25) is 4.99 Å². The number of benzene rings is 2. The van der Waals surface area contributed by atoms with Crippen LogP contribution in [0.1, 0.15) is 31.9 Å². The minimum atomic E-state index is -0.426. The molecule has 2 aromatic rings. The summed E-state index contributed by atoms with van der Waals surface area (Å²) in [4.78, 5) is 6.14. The van der Waals surface area contributed by atoms with Crippen LogP contribution in [0.3, 0.4) is 0 Å². The summed E-state index contributed by atoms with van der Waals surface area (Å²) in [6.07, 6.45) is 3.53. The van der Waals surface area contributed by atoms with Gasteiger partial charge < -0.3 is 4.90 Å². The van der Waals surface area contributed by atoms with Crippen molar-refractivity contribution in [1.82, 2.24) is 0 Å². The van der Waals surface area contributed by atoms with Gasteiger partial charge in [0.15, 0.2) is 0 Å². The van der Waals surface area contributed by atoms with Crippen molar-refractivity contribution < 1.29 is 8.78 Å². The summed E-state index contributed by atoms with van der Waals surface area (Å²) in [6, 6.07) is 9.48. The normalized spacial score (nSPS) is 16.2. The van der Waals surface area contributed by atoms with E-state index in [2.05, 4.69) is 29.8 Å². The van der Waals surface area contributed by atoms with Crippen molar-refractivity contribution in [3.05, 3.63) is 65.2 Å². The van der Waals surface area contributed by atoms with E-state index < -0.39 is 5.82 Å². The largest absolute Gasteiger partial charge is 0.365 e. The Bertz CT molecular complexity index is 851. The van der Waals surface area contributed by atoms with Crippen LogP contribution in [-0.4, -0.2) is 18.8 Å². The molecule has 1 aliphatic rings. The molecule has 0 unspecified atom stereocenters.